The van der Waals surface area contributed by atoms with Crippen LogP contribution in [0.25, 0.3) is 0 Å². The zero-order valence-electron chi connectivity index (χ0n) is 10.3. The van der Waals surface area contributed by atoms with Gasteiger partial charge < -0.3 is 16.2 Å². The van der Waals surface area contributed by atoms with Crippen molar-refractivity contribution in [2.45, 2.75) is 6.92 Å². The van der Waals surface area contributed by atoms with Crippen LogP contribution in [0, 0.1) is 12.7 Å². The van der Waals surface area contributed by atoms with Crippen molar-refractivity contribution >= 4 is 17.3 Å². The number of hydrogen-bond donors (Lipinski definition) is 3. The van der Waals surface area contributed by atoms with Crippen molar-refractivity contribution in [2.24, 2.45) is 0 Å². The molecular formula is C14H13FN2O2. The highest BCUT2D eigenvalue weighted by Crippen LogP contribution is 2.19. The number of hydrogen-bond acceptors (Lipinski definition) is 3. The Morgan fingerprint density at radius 3 is 2.63 bits per heavy atom. The number of rotatable bonds is 2. The number of carbonyl (C=O) groups excluding carboxylic acids is 1. The summed E-state index contributed by atoms with van der Waals surface area (Å²) in [5.74, 6) is -1.58. The van der Waals surface area contributed by atoms with E-state index >= 15 is 0 Å². The van der Waals surface area contributed by atoms with E-state index in [9.17, 15) is 9.18 Å². The third-order valence-electron chi connectivity index (χ3n) is 2.72. The van der Waals surface area contributed by atoms with Gasteiger partial charge in [0.2, 0.25) is 0 Å². The first-order chi connectivity index (χ1) is 8.97. The van der Waals surface area contributed by atoms with E-state index < -0.39 is 11.7 Å². The molecule has 2 rings (SSSR count). The number of nitrogen functional groups attached to an aromatic ring is 1. The van der Waals surface area contributed by atoms with E-state index in [1.807, 2.05) is 6.92 Å². The number of carbonyl (C=O) groups is 1. The van der Waals surface area contributed by atoms with Crippen molar-refractivity contribution in [3.63, 3.8) is 0 Å². The number of nitrogens with two attached hydrogens (primary N) is 1. The van der Waals surface area contributed by atoms with E-state index in [-0.39, 0.29) is 11.3 Å². The average molecular weight is 260 g/mol. The molecule has 0 atom stereocenters. The van der Waals surface area contributed by atoms with E-state index in [4.69, 9.17) is 10.8 Å². The van der Waals surface area contributed by atoms with Gasteiger partial charge in [-0.15, -0.1) is 0 Å². The fraction of sp³-hybridized carbons (Fsp3) is 0.0714. The van der Waals surface area contributed by atoms with E-state index in [1.54, 1.807) is 18.2 Å². The lowest BCUT2D eigenvalue weighted by Crippen LogP contribution is -2.13. The number of benzene rings is 2. The Hall–Kier alpha value is -2.56. The van der Waals surface area contributed by atoms with Gasteiger partial charge in [0.05, 0.1) is 5.56 Å². The van der Waals surface area contributed by atoms with Gasteiger partial charge in [-0.2, -0.15) is 0 Å². The molecule has 4 nitrogen and oxygen atoms in total. The van der Waals surface area contributed by atoms with Crippen LogP contribution in [0.3, 0.4) is 0 Å². The molecule has 5 heteroatoms. The maximum atomic E-state index is 13.5. The largest absolute Gasteiger partial charge is 0.508 e. The number of aromatic hydroxyl groups is 1. The first-order valence-corrected chi connectivity index (χ1v) is 5.63. The molecule has 0 bridgehead atoms. The molecule has 0 radical (unpaired) electrons. The van der Waals surface area contributed by atoms with Crippen molar-refractivity contribution in [2.75, 3.05) is 11.1 Å². The van der Waals surface area contributed by atoms with Gasteiger partial charge >= 0.3 is 0 Å². The Balaban J connectivity index is 2.23. The maximum absolute atomic E-state index is 13.5. The molecule has 1 amide bonds. The van der Waals surface area contributed by atoms with Crippen molar-refractivity contribution < 1.29 is 14.3 Å². The van der Waals surface area contributed by atoms with Crippen LogP contribution in [0.4, 0.5) is 15.8 Å². The summed E-state index contributed by atoms with van der Waals surface area (Å²) >= 11 is 0. The summed E-state index contributed by atoms with van der Waals surface area (Å²) < 4.78 is 13.5. The predicted molar refractivity (Wildman–Crippen MR) is 71.6 cm³/mol. The molecule has 4 N–H and O–H groups in total. The van der Waals surface area contributed by atoms with Crippen molar-refractivity contribution in [3.8, 4) is 5.75 Å². The summed E-state index contributed by atoms with van der Waals surface area (Å²) in [6.45, 7) is 1.81. The lowest BCUT2D eigenvalue weighted by molar-refractivity contribution is 0.102. The summed E-state index contributed by atoms with van der Waals surface area (Å²) in [4.78, 5) is 11.9. The molecular weight excluding hydrogens is 247 g/mol. The smallest absolute Gasteiger partial charge is 0.258 e. The molecule has 0 heterocycles. The molecule has 0 saturated heterocycles. The van der Waals surface area contributed by atoms with Gasteiger partial charge in [0.15, 0.2) is 0 Å². The first kappa shape index (κ1) is 12.9. The SMILES string of the molecule is Cc1cc(NC(=O)c2ccc(O)cc2F)ccc1N. The third-order valence-corrected chi connectivity index (χ3v) is 2.72. The Morgan fingerprint density at radius 1 is 1.26 bits per heavy atom. The number of phenols is 1. The maximum Gasteiger partial charge on any atom is 0.258 e. The van der Waals surface area contributed by atoms with Crippen LogP contribution in [0.1, 0.15) is 15.9 Å². The lowest BCUT2D eigenvalue weighted by Gasteiger charge is -2.08. The highest BCUT2D eigenvalue weighted by Gasteiger charge is 2.12. The van der Waals surface area contributed by atoms with Crippen LogP contribution >= 0.6 is 0 Å². The minimum Gasteiger partial charge on any atom is -0.508 e. The summed E-state index contributed by atoms with van der Waals surface area (Å²) in [5.41, 5.74) is 7.51. The quantitative estimate of drug-likeness (QED) is 0.727. The summed E-state index contributed by atoms with van der Waals surface area (Å²) in [6.07, 6.45) is 0. The van der Waals surface area contributed by atoms with Gasteiger partial charge in [-0.1, -0.05) is 0 Å². The molecule has 2 aromatic rings. The predicted octanol–water partition coefficient (Wildman–Crippen LogP) is 2.67. The normalized spacial score (nSPS) is 10.2. The van der Waals surface area contributed by atoms with Gasteiger partial charge in [0.25, 0.3) is 5.91 Å². The molecule has 0 aliphatic rings. The topological polar surface area (TPSA) is 75.3 Å². The van der Waals surface area contributed by atoms with Gasteiger partial charge in [-0.3, -0.25) is 4.79 Å². The Bertz CT molecular complexity index is 641. The molecule has 0 spiro atoms. The lowest BCUT2D eigenvalue weighted by atomic mass is 10.1. The molecule has 19 heavy (non-hydrogen) atoms. The zero-order chi connectivity index (χ0) is 14.0. The average Bonchev–Trinajstić information content (AvgIpc) is 2.33. The van der Waals surface area contributed by atoms with Crippen molar-refractivity contribution in [1.29, 1.82) is 0 Å². The van der Waals surface area contributed by atoms with Crippen LogP contribution < -0.4 is 11.1 Å². The fourth-order valence-electron chi connectivity index (χ4n) is 1.64. The molecule has 2 aromatic carbocycles. The number of anilines is 2. The number of nitrogens with one attached hydrogen (secondary N) is 1. The number of phenolic OH excluding ortho intramolecular Hbond substituents is 1. The number of halogens is 1. The third kappa shape index (κ3) is 2.82. The van der Waals surface area contributed by atoms with Gasteiger partial charge in [-0.05, 0) is 42.8 Å². The molecule has 98 valence electrons. The van der Waals surface area contributed by atoms with Crippen molar-refractivity contribution in [3.05, 3.63) is 53.3 Å². The van der Waals surface area contributed by atoms with Crippen LogP contribution in [0.5, 0.6) is 5.75 Å². The van der Waals surface area contributed by atoms with Gasteiger partial charge in [-0.25, -0.2) is 4.39 Å². The molecule has 0 fully saturated rings. The zero-order valence-corrected chi connectivity index (χ0v) is 10.3. The second kappa shape index (κ2) is 4.97. The second-order valence-corrected chi connectivity index (χ2v) is 4.19. The number of aryl methyl sites for hydroxylation is 1. The summed E-state index contributed by atoms with van der Waals surface area (Å²) in [7, 11) is 0. The van der Waals surface area contributed by atoms with Crippen LogP contribution in [0.15, 0.2) is 36.4 Å². The molecule has 0 aromatic heterocycles. The van der Waals surface area contributed by atoms with E-state index in [2.05, 4.69) is 5.32 Å². The molecule has 0 aliphatic heterocycles. The summed E-state index contributed by atoms with van der Waals surface area (Å²) in [5, 5.41) is 11.7. The minimum absolute atomic E-state index is 0.132. The monoisotopic (exact) mass is 260 g/mol. The second-order valence-electron chi connectivity index (χ2n) is 4.19. The van der Waals surface area contributed by atoms with E-state index in [0.29, 0.717) is 11.4 Å². The number of amides is 1. The summed E-state index contributed by atoms with van der Waals surface area (Å²) in [6, 6.07) is 8.38. The molecule has 0 unspecified atom stereocenters. The highest BCUT2D eigenvalue weighted by molar-refractivity contribution is 6.04. The van der Waals surface area contributed by atoms with Crippen LogP contribution in [-0.4, -0.2) is 11.0 Å². The Kier molecular flexibility index (Phi) is 3.37. The van der Waals surface area contributed by atoms with E-state index in [0.717, 1.165) is 11.6 Å². The van der Waals surface area contributed by atoms with Crippen molar-refractivity contribution in [1.82, 2.24) is 0 Å². The highest BCUT2D eigenvalue weighted by atomic mass is 19.1. The first-order valence-electron chi connectivity index (χ1n) is 5.63. The van der Waals surface area contributed by atoms with E-state index in [1.165, 1.54) is 12.1 Å². The van der Waals surface area contributed by atoms with Crippen LogP contribution in [-0.2, 0) is 0 Å². The molecule has 0 saturated carbocycles. The standard InChI is InChI=1S/C14H13FN2O2/c1-8-6-9(2-5-13(8)16)17-14(19)11-4-3-10(18)7-12(11)15/h2-7,18H,16H2,1H3,(H,17,19). The van der Waals surface area contributed by atoms with Gasteiger partial charge in [0.1, 0.15) is 11.6 Å². The molecule has 0 aliphatic carbocycles. The van der Waals surface area contributed by atoms with Gasteiger partial charge in [0, 0.05) is 17.4 Å². The fourth-order valence-corrected chi connectivity index (χ4v) is 1.64. The van der Waals surface area contributed by atoms with Crippen LogP contribution in [0.2, 0.25) is 0 Å². The minimum atomic E-state index is -0.773. The Morgan fingerprint density at radius 2 is 2.00 bits per heavy atom. The Labute approximate surface area is 109 Å².